The van der Waals surface area contributed by atoms with Gasteiger partial charge in [-0.05, 0) is 55.3 Å². The van der Waals surface area contributed by atoms with Crippen LogP contribution < -0.4 is 14.8 Å². The molecule has 5 heteroatoms. The van der Waals surface area contributed by atoms with Gasteiger partial charge in [0.2, 0.25) is 5.88 Å². The van der Waals surface area contributed by atoms with Gasteiger partial charge in [0, 0.05) is 24.5 Å². The monoisotopic (exact) mass is 325 g/mol. The normalized spacial score (nSPS) is 24.9. The minimum absolute atomic E-state index is 0.506. The SMILES string of the molecule is c1ccc(OCC[C@@H]2C[C@@H]2c2cncc(OC[C@@H]3CCN3)c2)nc1. The van der Waals surface area contributed by atoms with Crippen LogP contribution in [-0.2, 0) is 0 Å². The first kappa shape index (κ1) is 15.4. The van der Waals surface area contributed by atoms with Crippen molar-refractivity contribution in [3.63, 3.8) is 0 Å². The highest BCUT2D eigenvalue weighted by Gasteiger charge is 2.38. The second-order valence-corrected chi connectivity index (χ2v) is 6.61. The van der Waals surface area contributed by atoms with Gasteiger partial charge in [0.05, 0.1) is 12.8 Å². The minimum atomic E-state index is 0.506. The first-order valence-corrected chi connectivity index (χ1v) is 8.73. The molecule has 0 aromatic carbocycles. The average Bonchev–Trinajstić information content (AvgIpc) is 3.34. The van der Waals surface area contributed by atoms with Crippen molar-refractivity contribution in [3.05, 3.63) is 48.4 Å². The third-order valence-corrected chi connectivity index (χ3v) is 4.84. The Bertz CT molecular complexity index is 661. The van der Waals surface area contributed by atoms with E-state index in [1.54, 1.807) is 6.20 Å². The molecule has 3 atom stereocenters. The molecule has 5 nitrogen and oxygen atoms in total. The molecule has 4 rings (SSSR count). The first-order chi connectivity index (χ1) is 11.9. The second kappa shape index (κ2) is 7.18. The van der Waals surface area contributed by atoms with Gasteiger partial charge in [-0.15, -0.1) is 0 Å². The lowest BCUT2D eigenvalue weighted by atomic mass is 10.1. The Kier molecular flexibility index (Phi) is 4.60. The average molecular weight is 325 g/mol. The van der Waals surface area contributed by atoms with Crippen LogP contribution in [0.5, 0.6) is 11.6 Å². The van der Waals surface area contributed by atoms with E-state index in [2.05, 4.69) is 21.4 Å². The smallest absolute Gasteiger partial charge is 0.213 e. The molecule has 1 aliphatic carbocycles. The van der Waals surface area contributed by atoms with E-state index in [9.17, 15) is 0 Å². The summed E-state index contributed by atoms with van der Waals surface area (Å²) in [6.45, 7) is 2.56. The molecule has 1 saturated heterocycles. The number of nitrogens with one attached hydrogen (secondary N) is 1. The number of aromatic nitrogens is 2. The molecule has 126 valence electrons. The number of pyridine rings is 2. The van der Waals surface area contributed by atoms with Gasteiger partial charge in [0.1, 0.15) is 12.4 Å². The third kappa shape index (κ3) is 3.85. The van der Waals surface area contributed by atoms with Gasteiger partial charge in [-0.25, -0.2) is 4.98 Å². The van der Waals surface area contributed by atoms with E-state index < -0.39 is 0 Å². The Hall–Kier alpha value is -2.14. The fourth-order valence-electron chi connectivity index (χ4n) is 3.13. The van der Waals surface area contributed by atoms with Crippen molar-refractivity contribution >= 4 is 0 Å². The Balaban J connectivity index is 1.23. The summed E-state index contributed by atoms with van der Waals surface area (Å²) in [5.41, 5.74) is 1.29. The molecule has 24 heavy (non-hydrogen) atoms. The van der Waals surface area contributed by atoms with Crippen LogP contribution in [-0.4, -0.2) is 35.8 Å². The number of hydrogen-bond donors (Lipinski definition) is 1. The van der Waals surface area contributed by atoms with Gasteiger partial charge in [0.25, 0.3) is 0 Å². The minimum Gasteiger partial charge on any atom is -0.490 e. The van der Waals surface area contributed by atoms with Gasteiger partial charge in [-0.2, -0.15) is 0 Å². The van der Waals surface area contributed by atoms with E-state index in [1.165, 1.54) is 18.4 Å². The quantitative estimate of drug-likeness (QED) is 0.809. The highest BCUT2D eigenvalue weighted by molar-refractivity contribution is 5.30. The molecule has 0 bridgehead atoms. The fourth-order valence-corrected chi connectivity index (χ4v) is 3.13. The number of rotatable bonds is 8. The number of hydrogen-bond acceptors (Lipinski definition) is 5. The van der Waals surface area contributed by atoms with Crippen molar-refractivity contribution in [3.8, 4) is 11.6 Å². The largest absolute Gasteiger partial charge is 0.490 e. The highest BCUT2D eigenvalue weighted by atomic mass is 16.5. The van der Waals surface area contributed by atoms with E-state index in [-0.39, 0.29) is 0 Å². The highest BCUT2D eigenvalue weighted by Crippen LogP contribution is 2.49. The van der Waals surface area contributed by atoms with Crippen molar-refractivity contribution in [2.24, 2.45) is 5.92 Å². The van der Waals surface area contributed by atoms with Crippen LogP contribution >= 0.6 is 0 Å². The summed E-state index contributed by atoms with van der Waals surface area (Å²) in [4.78, 5) is 8.52. The van der Waals surface area contributed by atoms with Gasteiger partial charge >= 0.3 is 0 Å². The van der Waals surface area contributed by atoms with Crippen molar-refractivity contribution in [1.82, 2.24) is 15.3 Å². The third-order valence-electron chi connectivity index (χ3n) is 4.84. The molecular formula is C19H23N3O2. The molecular weight excluding hydrogens is 302 g/mol. The second-order valence-electron chi connectivity index (χ2n) is 6.61. The Labute approximate surface area is 142 Å². The first-order valence-electron chi connectivity index (χ1n) is 8.73. The summed E-state index contributed by atoms with van der Waals surface area (Å²) < 4.78 is 11.5. The lowest BCUT2D eigenvalue weighted by molar-refractivity contribution is 0.216. The molecule has 3 heterocycles. The van der Waals surface area contributed by atoms with Gasteiger partial charge in [0.15, 0.2) is 0 Å². The molecule has 0 amide bonds. The predicted molar refractivity (Wildman–Crippen MR) is 91.3 cm³/mol. The molecule has 2 aliphatic rings. The summed E-state index contributed by atoms with van der Waals surface area (Å²) in [6, 6.07) is 8.39. The van der Waals surface area contributed by atoms with Gasteiger partial charge in [-0.3, -0.25) is 4.98 Å². The van der Waals surface area contributed by atoms with Crippen molar-refractivity contribution in [2.45, 2.75) is 31.2 Å². The van der Waals surface area contributed by atoms with Gasteiger partial charge < -0.3 is 14.8 Å². The van der Waals surface area contributed by atoms with E-state index >= 15 is 0 Å². The summed E-state index contributed by atoms with van der Waals surface area (Å²) in [5, 5.41) is 3.34. The Morgan fingerprint density at radius 2 is 2.17 bits per heavy atom. The Morgan fingerprint density at radius 3 is 2.96 bits per heavy atom. The van der Waals surface area contributed by atoms with Crippen LogP contribution in [0.3, 0.4) is 0 Å². The molecule has 2 aromatic heterocycles. The van der Waals surface area contributed by atoms with Crippen LogP contribution in [0.2, 0.25) is 0 Å². The molecule has 2 aromatic rings. The maximum atomic E-state index is 5.84. The van der Waals surface area contributed by atoms with Crippen molar-refractivity contribution in [1.29, 1.82) is 0 Å². The summed E-state index contributed by atoms with van der Waals surface area (Å²) >= 11 is 0. The molecule has 1 N–H and O–H groups in total. The lowest BCUT2D eigenvalue weighted by Gasteiger charge is -2.27. The van der Waals surface area contributed by atoms with Crippen LogP contribution in [0.15, 0.2) is 42.9 Å². The zero-order chi connectivity index (χ0) is 16.2. The molecule has 0 unspecified atom stereocenters. The topological polar surface area (TPSA) is 56.3 Å². The maximum absolute atomic E-state index is 5.84. The zero-order valence-corrected chi connectivity index (χ0v) is 13.7. The van der Waals surface area contributed by atoms with Crippen molar-refractivity contribution in [2.75, 3.05) is 19.8 Å². The van der Waals surface area contributed by atoms with Crippen LogP contribution in [0.25, 0.3) is 0 Å². The zero-order valence-electron chi connectivity index (χ0n) is 13.7. The van der Waals surface area contributed by atoms with E-state index in [0.717, 1.165) is 31.9 Å². The molecule has 0 radical (unpaired) electrons. The van der Waals surface area contributed by atoms with Crippen molar-refractivity contribution < 1.29 is 9.47 Å². The molecule has 0 spiro atoms. The van der Waals surface area contributed by atoms with Crippen LogP contribution in [0.1, 0.15) is 30.7 Å². The van der Waals surface area contributed by atoms with E-state index in [4.69, 9.17) is 9.47 Å². The maximum Gasteiger partial charge on any atom is 0.213 e. The van der Waals surface area contributed by atoms with E-state index in [1.807, 2.05) is 30.6 Å². The fraction of sp³-hybridized carbons (Fsp3) is 0.474. The summed E-state index contributed by atoms with van der Waals surface area (Å²) in [6.07, 6.45) is 9.00. The van der Waals surface area contributed by atoms with Gasteiger partial charge in [-0.1, -0.05) is 6.07 Å². The number of nitrogens with zero attached hydrogens (tertiary/aromatic N) is 2. The Morgan fingerprint density at radius 1 is 1.21 bits per heavy atom. The van der Waals surface area contributed by atoms with Crippen LogP contribution in [0.4, 0.5) is 0 Å². The summed E-state index contributed by atoms with van der Waals surface area (Å²) in [5.74, 6) is 2.86. The standard InChI is InChI=1S/C19H23N3O2/c1-2-6-22-19(3-1)23-8-5-14-10-18(14)15-9-17(12-20-11-15)24-13-16-4-7-21-16/h1-3,6,9,11-12,14,16,18,21H,4-5,7-8,10,13H2/t14-,16+,18+/m1/s1. The molecule has 1 aliphatic heterocycles. The summed E-state index contributed by atoms with van der Waals surface area (Å²) in [7, 11) is 0. The molecule has 1 saturated carbocycles. The lowest BCUT2D eigenvalue weighted by Crippen LogP contribution is -2.46. The van der Waals surface area contributed by atoms with Crippen LogP contribution in [0, 0.1) is 5.92 Å². The predicted octanol–water partition coefficient (Wildman–Crippen LogP) is 2.79. The molecule has 2 fully saturated rings. The number of ether oxygens (including phenoxy) is 2. The van der Waals surface area contributed by atoms with E-state index in [0.29, 0.717) is 23.8 Å².